The van der Waals surface area contributed by atoms with Gasteiger partial charge in [-0.1, -0.05) is 0 Å². The summed E-state index contributed by atoms with van der Waals surface area (Å²) in [5, 5.41) is 7.46. The minimum absolute atomic E-state index is 0. The summed E-state index contributed by atoms with van der Waals surface area (Å²) in [7, 11) is 1.75. The molecule has 1 saturated heterocycles. The molecule has 162 valence electrons. The lowest BCUT2D eigenvalue weighted by molar-refractivity contribution is 0.0725. The van der Waals surface area contributed by atoms with Gasteiger partial charge in [-0.05, 0) is 44.5 Å². The topological polar surface area (TPSA) is 123 Å². The highest BCUT2D eigenvalue weighted by molar-refractivity contribution is 5.96. The Balaban J connectivity index is 0.00000256. The van der Waals surface area contributed by atoms with Gasteiger partial charge in [-0.2, -0.15) is 5.10 Å². The van der Waals surface area contributed by atoms with Gasteiger partial charge in [0.05, 0.1) is 6.54 Å². The van der Waals surface area contributed by atoms with Crippen molar-refractivity contribution in [1.82, 2.24) is 20.0 Å². The van der Waals surface area contributed by atoms with Crippen molar-refractivity contribution in [2.45, 2.75) is 38.6 Å². The summed E-state index contributed by atoms with van der Waals surface area (Å²) in [6, 6.07) is 1.82. The first kappa shape index (κ1) is 22.0. The van der Waals surface area contributed by atoms with Crippen LogP contribution in [0.4, 0.5) is 0 Å². The van der Waals surface area contributed by atoms with E-state index in [0.29, 0.717) is 29.9 Å². The van der Waals surface area contributed by atoms with Crippen molar-refractivity contribution in [3.63, 3.8) is 0 Å². The lowest BCUT2D eigenvalue weighted by Gasteiger charge is -2.28. The molecule has 10 heteroatoms. The highest BCUT2D eigenvalue weighted by atomic mass is 35.5. The molecule has 0 spiro atoms. The first-order valence-electron chi connectivity index (χ1n) is 9.86. The Bertz CT molecular complexity index is 1040. The molecule has 0 saturated carbocycles. The number of carbonyl (C=O) groups is 2. The maximum Gasteiger partial charge on any atom is 0.349 e. The van der Waals surface area contributed by atoms with Gasteiger partial charge in [0.25, 0.3) is 11.8 Å². The summed E-state index contributed by atoms with van der Waals surface area (Å²) in [5.74, 6) is -0.177. The number of nitrogens with two attached hydrogens (primary N) is 1. The second kappa shape index (κ2) is 8.61. The minimum atomic E-state index is -0.627. The second-order valence-corrected chi connectivity index (χ2v) is 7.76. The summed E-state index contributed by atoms with van der Waals surface area (Å²) in [4.78, 5) is 39.1. The Morgan fingerprint density at radius 3 is 2.63 bits per heavy atom. The quantitative estimate of drug-likeness (QED) is 0.737. The van der Waals surface area contributed by atoms with Gasteiger partial charge in [-0.25, -0.2) is 4.79 Å². The van der Waals surface area contributed by atoms with E-state index in [1.807, 2.05) is 6.07 Å². The number of amides is 2. The van der Waals surface area contributed by atoms with Crippen LogP contribution in [0.1, 0.15) is 62.2 Å². The van der Waals surface area contributed by atoms with Crippen LogP contribution >= 0.6 is 12.4 Å². The number of hydrogen-bond acceptors (Lipinski definition) is 6. The lowest BCUT2D eigenvalue weighted by atomic mass is 9.94. The van der Waals surface area contributed by atoms with Gasteiger partial charge >= 0.3 is 5.63 Å². The molecule has 0 aliphatic carbocycles. The van der Waals surface area contributed by atoms with E-state index in [1.54, 1.807) is 23.6 Å². The molecular formula is C20H26ClN5O4. The van der Waals surface area contributed by atoms with Gasteiger partial charge in [0.2, 0.25) is 0 Å². The number of rotatable bonds is 3. The molecule has 4 heterocycles. The van der Waals surface area contributed by atoms with Crippen molar-refractivity contribution in [3.05, 3.63) is 50.3 Å². The molecule has 30 heavy (non-hydrogen) atoms. The number of nitrogens with zero attached hydrogens (tertiary/aromatic N) is 3. The fraction of sp³-hybridized carbons (Fsp3) is 0.500. The maximum atomic E-state index is 13.1. The molecule has 0 aromatic carbocycles. The SMILES string of the molecule is Cc1cc(C2CCNCC2)oc(=O)c1C(=O)N1CCc2c(c(C(N)=O)nn2C)C1.Cl. The van der Waals surface area contributed by atoms with Crippen molar-refractivity contribution < 1.29 is 14.0 Å². The van der Waals surface area contributed by atoms with E-state index in [0.717, 1.165) is 31.6 Å². The largest absolute Gasteiger partial charge is 0.427 e. The molecule has 2 aromatic heterocycles. The molecule has 0 atom stereocenters. The number of nitrogens with one attached hydrogen (secondary N) is 1. The van der Waals surface area contributed by atoms with Crippen LogP contribution in [0.2, 0.25) is 0 Å². The van der Waals surface area contributed by atoms with Gasteiger partial charge in [-0.15, -0.1) is 12.4 Å². The van der Waals surface area contributed by atoms with Crippen molar-refractivity contribution >= 4 is 24.2 Å². The molecule has 3 N–H and O–H groups in total. The first-order valence-corrected chi connectivity index (χ1v) is 9.86. The Morgan fingerprint density at radius 1 is 1.30 bits per heavy atom. The predicted molar refractivity (Wildman–Crippen MR) is 112 cm³/mol. The van der Waals surface area contributed by atoms with Gasteiger partial charge in [-0.3, -0.25) is 14.3 Å². The van der Waals surface area contributed by atoms with Crippen LogP contribution in [0, 0.1) is 6.92 Å². The number of carbonyl (C=O) groups excluding carboxylic acids is 2. The fourth-order valence-corrected chi connectivity index (χ4v) is 4.32. The highest BCUT2D eigenvalue weighted by Gasteiger charge is 2.31. The van der Waals surface area contributed by atoms with Crippen molar-refractivity contribution in [3.8, 4) is 0 Å². The van der Waals surface area contributed by atoms with Gasteiger partial charge in [0.1, 0.15) is 11.3 Å². The van der Waals surface area contributed by atoms with Crippen molar-refractivity contribution in [1.29, 1.82) is 0 Å². The zero-order chi connectivity index (χ0) is 20.7. The van der Waals surface area contributed by atoms with E-state index >= 15 is 0 Å². The lowest BCUT2D eigenvalue weighted by Crippen LogP contribution is -2.39. The third-order valence-corrected chi connectivity index (χ3v) is 5.89. The summed E-state index contributed by atoms with van der Waals surface area (Å²) < 4.78 is 7.18. The Hall–Kier alpha value is -2.65. The number of fused-ring (bicyclic) bond motifs is 1. The van der Waals surface area contributed by atoms with Crippen LogP contribution in [-0.2, 0) is 20.0 Å². The third kappa shape index (κ3) is 3.87. The second-order valence-electron chi connectivity index (χ2n) is 7.76. The van der Waals surface area contributed by atoms with Crippen LogP contribution in [-0.4, -0.2) is 46.1 Å². The third-order valence-electron chi connectivity index (χ3n) is 5.89. The maximum absolute atomic E-state index is 13.1. The number of primary amides is 1. The van der Waals surface area contributed by atoms with Gasteiger partial charge < -0.3 is 20.4 Å². The van der Waals surface area contributed by atoms with Crippen molar-refractivity contribution in [2.75, 3.05) is 19.6 Å². The monoisotopic (exact) mass is 435 g/mol. The summed E-state index contributed by atoms with van der Waals surface area (Å²) >= 11 is 0. The molecule has 2 amide bonds. The van der Waals surface area contributed by atoms with E-state index < -0.39 is 17.4 Å². The molecule has 0 unspecified atom stereocenters. The van der Waals surface area contributed by atoms with Crippen LogP contribution in [0.3, 0.4) is 0 Å². The standard InChI is InChI=1S/C20H25N5O4.ClH/c1-11-9-15(12-3-6-22-7-4-12)29-20(28)16(11)19(27)25-8-5-14-13(10-25)17(18(21)26)23-24(14)2;/h9,12,22H,3-8,10H2,1-2H3,(H2,21,26);1H. The molecule has 9 nitrogen and oxygen atoms in total. The molecule has 1 fully saturated rings. The zero-order valence-corrected chi connectivity index (χ0v) is 17.9. The number of halogens is 1. The van der Waals surface area contributed by atoms with E-state index in [9.17, 15) is 14.4 Å². The predicted octanol–water partition coefficient (Wildman–Crippen LogP) is 0.868. The molecule has 2 aromatic rings. The van der Waals surface area contributed by atoms with E-state index in [4.69, 9.17) is 10.2 Å². The Morgan fingerprint density at radius 2 is 2.00 bits per heavy atom. The van der Waals surface area contributed by atoms with Crippen LogP contribution in [0.25, 0.3) is 0 Å². The van der Waals surface area contributed by atoms with Crippen LogP contribution in [0.5, 0.6) is 0 Å². The van der Waals surface area contributed by atoms with E-state index in [1.165, 1.54) is 0 Å². The summed E-state index contributed by atoms with van der Waals surface area (Å²) in [5.41, 5.74) is 7.20. The van der Waals surface area contributed by atoms with Gasteiger partial charge in [0.15, 0.2) is 5.69 Å². The molecular weight excluding hydrogens is 410 g/mol. The highest BCUT2D eigenvalue weighted by Crippen LogP contribution is 2.27. The van der Waals surface area contributed by atoms with Crippen LogP contribution < -0.4 is 16.7 Å². The number of aromatic nitrogens is 2. The normalized spacial score (nSPS) is 16.7. The summed E-state index contributed by atoms with van der Waals surface area (Å²) in [6.45, 7) is 4.16. The van der Waals surface area contributed by atoms with Crippen LogP contribution in [0.15, 0.2) is 15.3 Å². The Labute approximate surface area is 180 Å². The number of hydrogen-bond donors (Lipinski definition) is 2. The smallest absolute Gasteiger partial charge is 0.349 e. The molecule has 0 radical (unpaired) electrons. The van der Waals surface area contributed by atoms with Gasteiger partial charge in [0, 0.05) is 37.2 Å². The zero-order valence-electron chi connectivity index (χ0n) is 17.1. The molecule has 0 bridgehead atoms. The summed E-state index contributed by atoms with van der Waals surface area (Å²) in [6.07, 6.45) is 2.35. The molecule has 4 rings (SSSR count). The number of piperidine rings is 1. The average molecular weight is 436 g/mol. The molecule has 2 aliphatic rings. The van der Waals surface area contributed by atoms with E-state index in [-0.39, 0.29) is 36.1 Å². The van der Waals surface area contributed by atoms with Crippen molar-refractivity contribution in [2.24, 2.45) is 12.8 Å². The number of aryl methyl sites for hydroxylation is 2. The first-order chi connectivity index (χ1) is 13.9. The fourth-order valence-electron chi connectivity index (χ4n) is 4.32. The molecule has 2 aliphatic heterocycles. The van der Waals surface area contributed by atoms with E-state index in [2.05, 4.69) is 10.4 Å². The average Bonchev–Trinajstić information content (AvgIpc) is 3.04. The Kier molecular flexibility index (Phi) is 6.33. The minimum Gasteiger partial charge on any atom is -0.427 e.